The molecular weight excluding hydrogens is 370 g/mol. The fraction of sp³-hybridized carbons (Fsp3) is 0.318. The summed E-state index contributed by atoms with van der Waals surface area (Å²) in [5.41, 5.74) is 5.77. The van der Waals surface area contributed by atoms with Crippen molar-refractivity contribution in [3.05, 3.63) is 64.7 Å². The lowest BCUT2D eigenvalue weighted by Gasteiger charge is -2.30. The molecule has 2 aromatic carbocycles. The monoisotopic (exact) mass is 393 g/mol. The summed E-state index contributed by atoms with van der Waals surface area (Å²) in [6.07, 6.45) is 0.900. The van der Waals surface area contributed by atoms with Crippen molar-refractivity contribution < 1.29 is 9.21 Å². The molecule has 5 nitrogen and oxygen atoms in total. The van der Waals surface area contributed by atoms with Gasteiger partial charge in [-0.2, -0.15) is 0 Å². The van der Waals surface area contributed by atoms with Gasteiger partial charge in [-0.3, -0.25) is 4.79 Å². The minimum Gasteiger partial charge on any atom is -0.411 e. The summed E-state index contributed by atoms with van der Waals surface area (Å²) < 4.78 is 5.81. The topological polar surface area (TPSA) is 59.2 Å². The second kappa shape index (κ2) is 7.80. The average Bonchev–Trinajstić information content (AvgIpc) is 3.15. The van der Waals surface area contributed by atoms with Crippen molar-refractivity contribution in [2.75, 3.05) is 6.54 Å². The molecule has 0 bridgehead atoms. The summed E-state index contributed by atoms with van der Waals surface area (Å²) in [7, 11) is 0. The zero-order chi connectivity index (χ0) is 19.7. The second-order valence-corrected chi connectivity index (χ2v) is 8.58. The highest BCUT2D eigenvalue weighted by molar-refractivity contribution is 8.00. The third-order valence-corrected chi connectivity index (χ3v) is 5.86. The van der Waals surface area contributed by atoms with E-state index >= 15 is 0 Å². The lowest BCUT2D eigenvalue weighted by atomic mass is 10.00. The number of thioether (sulfide) groups is 1. The van der Waals surface area contributed by atoms with Crippen molar-refractivity contribution >= 4 is 17.7 Å². The molecule has 0 aliphatic carbocycles. The average molecular weight is 394 g/mol. The van der Waals surface area contributed by atoms with E-state index in [9.17, 15) is 4.79 Å². The smallest absolute Gasteiger partial charge is 0.277 e. The predicted molar refractivity (Wildman–Crippen MR) is 110 cm³/mol. The first-order valence-electron chi connectivity index (χ1n) is 9.44. The van der Waals surface area contributed by atoms with Crippen LogP contribution in [0.25, 0.3) is 11.5 Å². The van der Waals surface area contributed by atoms with E-state index in [4.69, 9.17) is 4.42 Å². The first-order valence-corrected chi connectivity index (χ1v) is 10.3. The molecule has 0 radical (unpaired) electrons. The normalized spacial score (nSPS) is 14.6. The Morgan fingerprint density at radius 1 is 1.11 bits per heavy atom. The van der Waals surface area contributed by atoms with Gasteiger partial charge in [-0.15, -0.1) is 10.2 Å². The Bertz CT molecular complexity index is 994. The van der Waals surface area contributed by atoms with Crippen molar-refractivity contribution in [3.8, 4) is 11.5 Å². The van der Waals surface area contributed by atoms with Crippen LogP contribution in [0, 0.1) is 13.8 Å². The largest absolute Gasteiger partial charge is 0.411 e. The number of nitrogens with zero attached hydrogens (tertiary/aromatic N) is 3. The van der Waals surface area contributed by atoms with E-state index in [-0.39, 0.29) is 11.2 Å². The van der Waals surface area contributed by atoms with Crippen LogP contribution in [-0.4, -0.2) is 32.8 Å². The molecule has 1 aromatic heterocycles. The van der Waals surface area contributed by atoms with Crippen LogP contribution >= 0.6 is 11.8 Å². The molecule has 28 heavy (non-hydrogen) atoms. The van der Waals surface area contributed by atoms with Crippen LogP contribution in [0.3, 0.4) is 0 Å². The first kappa shape index (κ1) is 18.7. The highest BCUT2D eigenvalue weighted by Gasteiger charge is 2.26. The van der Waals surface area contributed by atoms with Crippen LogP contribution in [0.1, 0.15) is 29.2 Å². The van der Waals surface area contributed by atoms with Gasteiger partial charge in [0.15, 0.2) is 0 Å². The molecule has 3 aromatic rings. The SMILES string of the molecule is Cc1cc(C)cc(-c2nnc(S[C@H](C)C(=O)N3CCc4ccccc4C3)o2)c1. The summed E-state index contributed by atoms with van der Waals surface area (Å²) in [5.74, 6) is 0.589. The second-order valence-electron chi connectivity index (χ2n) is 7.29. The van der Waals surface area contributed by atoms with Crippen LogP contribution in [0.4, 0.5) is 0 Å². The van der Waals surface area contributed by atoms with E-state index in [2.05, 4.69) is 34.5 Å². The third kappa shape index (κ3) is 3.97. The van der Waals surface area contributed by atoms with Crippen molar-refractivity contribution in [1.29, 1.82) is 0 Å². The van der Waals surface area contributed by atoms with E-state index in [0.29, 0.717) is 17.7 Å². The lowest BCUT2D eigenvalue weighted by Crippen LogP contribution is -2.40. The Labute approximate surface area is 169 Å². The van der Waals surface area contributed by atoms with Gasteiger partial charge >= 0.3 is 0 Å². The van der Waals surface area contributed by atoms with E-state index in [0.717, 1.165) is 29.7 Å². The molecule has 0 saturated carbocycles. The van der Waals surface area contributed by atoms with Crippen LogP contribution in [-0.2, 0) is 17.8 Å². The van der Waals surface area contributed by atoms with Gasteiger partial charge in [-0.1, -0.05) is 53.2 Å². The van der Waals surface area contributed by atoms with Gasteiger partial charge in [0.05, 0.1) is 5.25 Å². The summed E-state index contributed by atoms with van der Waals surface area (Å²) in [6, 6.07) is 14.5. The minimum atomic E-state index is -0.280. The van der Waals surface area contributed by atoms with Crippen LogP contribution < -0.4 is 0 Å². The number of hydrogen-bond acceptors (Lipinski definition) is 5. The van der Waals surface area contributed by atoms with Gasteiger partial charge in [0, 0.05) is 18.7 Å². The molecule has 1 atom stereocenters. The molecule has 0 saturated heterocycles. The van der Waals surface area contributed by atoms with Crippen molar-refractivity contribution in [3.63, 3.8) is 0 Å². The third-order valence-electron chi connectivity index (χ3n) is 4.94. The Balaban J connectivity index is 1.43. The Kier molecular flexibility index (Phi) is 5.22. The standard InChI is InChI=1S/C22H23N3O2S/c1-14-10-15(2)12-19(11-14)20-23-24-22(27-20)28-16(3)21(26)25-9-8-17-6-4-5-7-18(17)13-25/h4-7,10-12,16H,8-9,13H2,1-3H3/t16-/m1/s1. The van der Waals surface area contributed by atoms with Gasteiger partial charge in [-0.05, 0) is 50.5 Å². The maximum absolute atomic E-state index is 12.9. The van der Waals surface area contributed by atoms with E-state index in [1.54, 1.807) is 0 Å². The molecule has 0 unspecified atom stereocenters. The molecule has 1 aliphatic heterocycles. The summed E-state index contributed by atoms with van der Waals surface area (Å²) in [4.78, 5) is 14.8. The van der Waals surface area contributed by atoms with E-state index < -0.39 is 0 Å². The fourth-order valence-electron chi connectivity index (χ4n) is 3.61. The molecule has 0 N–H and O–H groups in total. The van der Waals surface area contributed by atoms with Gasteiger partial charge in [-0.25, -0.2) is 0 Å². The van der Waals surface area contributed by atoms with Gasteiger partial charge in [0.25, 0.3) is 5.22 Å². The number of carbonyl (C=O) groups is 1. The molecule has 0 spiro atoms. The van der Waals surface area contributed by atoms with Crippen LogP contribution in [0.2, 0.25) is 0 Å². The lowest BCUT2D eigenvalue weighted by molar-refractivity contribution is -0.131. The van der Waals surface area contributed by atoms with E-state index in [1.807, 2.05) is 43.9 Å². The van der Waals surface area contributed by atoms with Crippen LogP contribution in [0.15, 0.2) is 52.1 Å². The van der Waals surface area contributed by atoms with Crippen LogP contribution in [0.5, 0.6) is 0 Å². The number of aryl methyl sites for hydroxylation is 2. The molecule has 6 heteroatoms. The summed E-state index contributed by atoms with van der Waals surface area (Å²) >= 11 is 1.32. The molecule has 1 aliphatic rings. The van der Waals surface area contributed by atoms with Crippen molar-refractivity contribution in [2.45, 2.75) is 44.2 Å². The number of amides is 1. The number of aromatic nitrogens is 2. The molecule has 144 valence electrons. The first-order chi connectivity index (χ1) is 13.5. The minimum absolute atomic E-state index is 0.102. The number of benzene rings is 2. The van der Waals surface area contributed by atoms with E-state index in [1.165, 1.54) is 22.9 Å². The number of rotatable bonds is 4. The summed E-state index contributed by atoms with van der Waals surface area (Å²) in [6.45, 7) is 7.39. The summed E-state index contributed by atoms with van der Waals surface area (Å²) in [5, 5.41) is 8.44. The van der Waals surface area contributed by atoms with Gasteiger partial charge < -0.3 is 9.32 Å². The molecule has 1 amide bonds. The van der Waals surface area contributed by atoms with Crippen molar-refractivity contribution in [1.82, 2.24) is 15.1 Å². The highest BCUT2D eigenvalue weighted by atomic mass is 32.2. The molecular formula is C22H23N3O2S. The quantitative estimate of drug-likeness (QED) is 0.614. The van der Waals surface area contributed by atoms with Gasteiger partial charge in [0.1, 0.15) is 0 Å². The fourth-order valence-corrected chi connectivity index (χ4v) is 4.38. The molecule has 0 fully saturated rings. The molecule has 2 heterocycles. The maximum atomic E-state index is 12.9. The zero-order valence-electron chi connectivity index (χ0n) is 16.3. The Morgan fingerprint density at radius 2 is 1.82 bits per heavy atom. The number of carbonyl (C=O) groups excluding carboxylic acids is 1. The zero-order valence-corrected chi connectivity index (χ0v) is 17.1. The predicted octanol–water partition coefficient (Wildman–Crippen LogP) is 4.42. The molecule has 4 rings (SSSR count). The Morgan fingerprint density at radius 3 is 2.57 bits per heavy atom. The number of fused-ring (bicyclic) bond motifs is 1. The van der Waals surface area contributed by atoms with Crippen molar-refractivity contribution in [2.24, 2.45) is 0 Å². The highest BCUT2D eigenvalue weighted by Crippen LogP contribution is 2.29. The van der Waals surface area contributed by atoms with Gasteiger partial charge in [0.2, 0.25) is 11.8 Å². The number of hydrogen-bond donors (Lipinski definition) is 0. The Hall–Kier alpha value is -2.60. The maximum Gasteiger partial charge on any atom is 0.277 e.